The molecule has 0 aromatic carbocycles. The second-order valence-corrected chi connectivity index (χ2v) is 1.22. The Hall–Kier alpha value is 0.909. The number of hydrogen-bond donors (Lipinski definition) is 0. The Balaban J connectivity index is -0.0000000800. The van der Waals surface area contributed by atoms with Crippen molar-refractivity contribution >= 4 is 10.4 Å². The molecule has 0 aromatic rings. The minimum Gasteiger partial charge on any atom is -0.759 e. The predicted molar refractivity (Wildman–Crippen MR) is 10.5 cm³/mol. The molecule has 0 saturated carbocycles. The average molecular weight is 208 g/mol. The van der Waals surface area contributed by atoms with Crippen LogP contribution in [0.1, 0.15) is 0 Å². The molecule has 0 aliphatic heterocycles. The van der Waals surface area contributed by atoms with Crippen molar-refractivity contribution in [2.24, 2.45) is 0 Å². The molecule has 44 valence electrons. The van der Waals surface area contributed by atoms with Crippen LogP contribution in [0.5, 0.6) is 0 Å². The van der Waals surface area contributed by atoms with Gasteiger partial charge in [-0.2, -0.15) is 0 Å². The van der Waals surface area contributed by atoms with Gasteiger partial charge in [-0.15, -0.1) is 0 Å². The smallest absolute Gasteiger partial charge is 0.759 e. The van der Waals surface area contributed by atoms with E-state index < -0.39 is 10.4 Å². The van der Waals surface area contributed by atoms with Gasteiger partial charge in [0.25, 0.3) is 0 Å². The minimum absolute atomic E-state index is 0. The Bertz CT molecular complexity index is 92.9. The Labute approximate surface area is 62.2 Å². The fraction of sp³-hybridized carbons (Fsp3) is 0. The van der Waals surface area contributed by atoms with E-state index in [-0.39, 0.29) is 34.1 Å². The van der Waals surface area contributed by atoms with Crippen LogP contribution in [-0.2, 0) is 44.5 Å². The summed E-state index contributed by atoms with van der Waals surface area (Å²) >= 11 is 0. The predicted octanol–water partition coefficient (Wildman–Crippen LogP) is -1.34. The monoisotopic (exact) mass is 208 g/mol. The van der Waals surface area contributed by atoms with Gasteiger partial charge in [-0.05, 0) is 0 Å². The molecule has 0 saturated heterocycles. The third-order valence-corrected chi connectivity index (χ3v) is 0. The van der Waals surface area contributed by atoms with E-state index in [1.165, 1.54) is 0 Å². The van der Waals surface area contributed by atoms with Gasteiger partial charge < -0.3 is 9.11 Å². The van der Waals surface area contributed by atoms with Crippen molar-refractivity contribution in [2.75, 3.05) is 0 Å². The maximum Gasteiger partial charge on any atom is 2.00 e. The van der Waals surface area contributed by atoms with Crippen LogP contribution in [0.15, 0.2) is 0 Å². The first-order chi connectivity index (χ1) is 2.00. The van der Waals surface area contributed by atoms with E-state index in [4.69, 9.17) is 17.5 Å². The van der Waals surface area contributed by atoms with E-state index in [0.29, 0.717) is 0 Å². The van der Waals surface area contributed by atoms with Gasteiger partial charge in [0, 0.05) is 10.4 Å². The number of hydrogen-bond acceptors (Lipinski definition) is 4. The molecule has 0 bridgehead atoms. The van der Waals surface area contributed by atoms with Crippen LogP contribution in [0, 0.1) is 0 Å². The summed E-state index contributed by atoms with van der Waals surface area (Å²) in [6.45, 7) is 0. The normalized spacial score (nSPS) is 8.29. The van der Waals surface area contributed by atoms with Gasteiger partial charge in [-0.3, -0.25) is 8.42 Å². The Morgan fingerprint density at radius 1 is 1.00 bits per heavy atom. The van der Waals surface area contributed by atoms with Crippen molar-refractivity contribution < 1.29 is 51.7 Å². The van der Waals surface area contributed by atoms with Crippen molar-refractivity contribution in [1.82, 2.24) is 0 Å². The third kappa shape index (κ3) is 202. The third-order valence-electron chi connectivity index (χ3n) is 0. The van der Waals surface area contributed by atoms with Gasteiger partial charge in [0.1, 0.15) is 0 Å². The van der Waals surface area contributed by atoms with Gasteiger partial charge in [-0.25, -0.2) is 0 Å². The van der Waals surface area contributed by atoms with E-state index >= 15 is 0 Å². The quantitative estimate of drug-likeness (QED) is 0.280. The summed E-state index contributed by atoms with van der Waals surface area (Å²) < 4.78 is 34.1. The van der Waals surface area contributed by atoms with Crippen molar-refractivity contribution in [3.63, 3.8) is 0 Å². The second kappa shape index (κ2) is 5.05. The summed E-state index contributed by atoms with van der Waals surface area (Å²) in [4.78, 5) is 0. The standard InChI is InChI=1S/2Fe.H2O4S/c;;1-5(2,3)4/h;;(H2,1,2,3,4)/q2*+2;/p-2. The van der Waals surface area contributed by atoms with Crippen LogP contribution >= 0.6 is 0 Å². The Morgan fingerprint density at radius 3 is 1.00 bits per heavy atom. The van der Waals surface area contributed by atoms with Gasteiger partial charge in [0.15, 0.2) is 0 Å². The van der Waals surface area contributed by atoms with E-state index in [9.17, 15) is 0 Å². The Kier molecular flexibility index (Phi) is 11.3. The van der Waals surface area contributed by atoms with Crippen molar-refractivity contribution in [1.29, 1.82) is 0 Å². The molecule has 0 radical (unpaired) electrons. The molecule has 0 N–H and O–H groups in total. The van der Waals surface area contributed by atoms with Gasteiger partial charge >= 0.3 is 34.1 Å². The summed E-state index contributed by atoms with van der Waals surface area (Å²) in [5.74, 6) is 0. The zero-order chi connectivity index (χ0) is 4.50. The molecule has 0 spiro atoms. The summed E-state index contributed by atoms with van der Waals surface area (Å²) in [5.41, 5.74) is 0. The zero-order valence-electron chi connectivity index (χ0n) is 2.75. The molecule has 7 heteroatoms. The fourth-order valence-corrected chi connectivity index (χ4v) is 0. The molecule has 0 amide bonds. The molecule has 4 nitrogen and oxygen atoms in total. The second-order valence-electron chi connectivity index (χ2n) is 0.408. The minimum atomic E-state index is -5.17. The molecule has 0 aliphatic carbocycles. The molecular weight excluding hydrogens is 208 g/mol. The van der Waals surface area contributed by atoms with Gasteiger partial charge in [-0.1, -0.05) is 0 Å². The molecule has 0 heterocycles. The number of rotatable bonds is 0. The van der Waals surface area contributed by atoms with Gasteiger partial charge in [0.2, 0.25) is 0 Å². The first-order valence-electron chi connectivity index (χ1n) is 0.667. The maximum absolute atomic E-state index is 8.52. The molecule has 0 atom stereocenters. The summed E-state index contributed by atoms with van der Waals surface area (Å²) in [5, 5.41) is 0. The molecule has 0 fully saturated rings. The van der Waals surface area contributed by atoms with Crippen molar-refractivity contribution in [3.8, 4) is 0 Å². The summed E-state index contributed by atoms with van der Waals surface area (Å²) in [6, 6.07) is 0. The van der Waals surface area contributed by atoms with Crippen molar-refractivity contribution in [3.05, 3.63) is 0 Å². The van der Waals surface area contributed by atoms with Crippen LogP contribution < -0.4 is 0 Å². The SMILES string of the molecule is O=S(=O)([O-])[O-].[Fe+2].[Fe+2]. The van der Waals surface area contributed by atoms with Crippen LogP contribution in [0.4, 0.5) is 0 Å². The Morgan fingerprint density at radius 2 is 1.00 bits per heavy atom. The van der Waals surface area contributed by atoms with E-state index in [0.717, 1.165) is 0 Å². The molecule has 0 aromatic heterocycles. The van der Waals surface area contributed by atoms with Crippen LogP contribution in [-0.4, -0.2) is 17.5 Å². The maximum atomic E-state index is 8.52. The summed E-state index contributed by atoms with van der Waals surface area (Å²) in [7, 11) is -5.17. The largest absolute Gasteiger partial charge is 2.00 e. The van der Waals surface area contributed by atoms with E-state index in [1.807, 2.05) is 0 Å². The topological polar surface area (TPSA) is 80.3 Å². The van der Waals surface area contributed by atoms with Crippen molar-refractivity contribution in [2.45, 2.75) is 0 Å². The average Bonchev–Trinajstić information content (AvgIpc) is 0.722. The van der Waals surface area contributed by atoms with E-state index in [1.54, 1.807) is 0 Å². The fourth-order valence-electron chi connectivity index (χ4n) is 0. The van der Waals surface area contributed by atoms with Gasteiger partial charge in [0.05, 0.1) is 0 Å². The first kappa shape index (κ1) is 15.7. The molecule has 7 heavy (non-hydrogen) atoms. The molecular formula is Fe2O4S+2. The van der Waals surface area contributed by atoms with Crippen LogP contribution in [0.25, 0.3) is 0 Å². The zero-order valence-corrected chi connectivity index (χ0v) is 5.77. The van der Waals surface area contributed by atoms with Crippen LogP contribution in [0.2, 0.25) is 0 Å². The molecule has 0 aliphatic rings. The van der Waals surface area contributed by atoms with Crippen LogP contribution in [0.3, 0.4) is 0 Å². The molecule has 0 unspecified atom stereocenters. The summed E-state index contributed by atoms with van der Waals surface area (Å²) in [6.07, 6.45) is 0. The molecule has 0 rings (SSSR count). The van der Waals surface area contributed by atoms with E-state index in [2.05, 4.69) is 0 Å². The first-order valence-corrected chi connectivity index (χ1v) is 2.00.